The summed E-state index contributed by atoms with van der Waals surface area (Å²) in [5.41, 5.74) is 1.21. The summed E-state index contributed by atoms with van der Waals surface area (Å²) in [6, 6.07) is 2.60. The van der Waals surface area contributed by atoms with E-state index in [1.165, 1.54) is 0 Å². The maximum Gasteiger partial charge on any atom is 0.254 e. The molecule has 3 atom stereocenters. The normalized spacial score (nSPS) is 29.4. The van der Waals surface area contributed by atoms with Crippen molar-refractivity contribution in [2.24, 2.45) is 11.3 Å². The van der Waals surface area contributed by atoms with Crippen LogP contribution >= 0.6 is 0 Å². The lowest BCUT2D eigenvalue weighted by molar-refractivity contribution is -0.101. The molecule has 0 N–H and O–H groups in total. The number of hydrogen-bond donors (Lipinski definition) is 0. The highest BCUT2D eigenvalue weighted by Crippen LogP contribution is 2.54. The van der Waals surface area contributed by atoms with Gasteiger partial charge in [0.25, 0.3) is 5.78 Å². The lowest BCUT2D eigenvalue weighted by atomic mass is 9.57. The van der Waals surface area contributed by atoms with Gasteiger partial charge in [-0.3, -0.25) is 0 Å². The molecule has 1 aliphatic carbocycles. The summed E-state index contributed by atoms with van der Waals surface area (Å²) in [5.74, 6) is 2.36. The summed E-state index contributed by atoms with van der Waals surface area (Å²) >= 11 is 0. The van der Waals surface area contributed by atoms with Crippen molar-refractivity contribution >= 4 is 11.6 Å². The van der Waals surface area contributed by atoms with Gasteiger partial charge in [0.2, 0.25) is 0 Å². The van der Waals surface area contributed by atoms with E-state index in [-0.39, 0.29) is 5.41 Å². The number of anilines is 1. The van der Waals surface area contributed by atoms with Crippen molar-refractivity contribution in [3.8, 4) is 0 Å². The molecule has 3 heterocycles. The zero-order valence-electron chi connectivity index (χ0n) is 13.7. The molecule has 2 aliphatic rings. The summed E-state index contributed by atoms with van der Waals surface area (Å²) in [6.07, 6.45) is 4.01. The molecule has 22 heavy (non-hydrogen) atoms. The van der Waals surface area contributed by atoms with Gasteiger partial charge in [0.05, 0.1) is 6.10 Å². The van der Waals surface area contributed by atoms with E-state index in [2.05, 4.69) is 53.9 Å². The van der Waals surface area contributed by atoms with E-state index in [1.807, 2.05) is 4.52 Å². The zero-order chi connectivity index (χ0) is 15.5. The van der Waals surface area contributed by atoms with Crippen LogP contribution in [0.5, 0.6) is 0 Å². The van der Waals surface area contributed by atoms with Gasteiger partial charge in [0.1, 0.15) is 12.1 Å². The molecule has 1 saturated heterocycles. The van der Waals surface area contributed by atoms with Crippen LogP contribution < -0.4 is 4.90 Å². The Hall–Kier alpha value is -1.69. The number of nitrogens with zero attached hydrogens (tertiary/aromatic N) is 5. The molecule has 118 valence electrons. The standard InChI is InChI=1S/C16H23N5O/c1-5-10-8-12(21-15(19-10)17-9-18-21)20(4)13-11-6-7-22-14(11)16(13,2)3/h8-9,11,13-14H,5-7H2,1-4H3. The Labute approximate surface area is 130 Å². The van der Waals surface area contributed by atoms with Crippen molar-refractivity contribution in [2.75, 3.05) is 18.6 Å². The molecule has 0 aromatic carbocycles. The molecule has 4 rings (SSSR count). The molecule has 1 saturated carbocycles. The molecule has 3 unspecified atom stereocenters. The first-order valence-corrected chi connectivity index (χ1v) is 8.08. The highest BCUT2D eigenvalue weighted by atomic mass is 16.5. The molecule has 1 aliphatic heterocycles. The van der Waals surface area contributed by atoms with Crippen LogP contribution in [0.2, 0.25) is 0 Å². The van der Waals surface area contributed by atoms with Crippen molar-refractivity contribution in [3.05, 3.63) is 18.1 Å². The number of aromatic nitrogens is 4. The molecular weight excluding hydrogens is 278 g/mol. The fourth-order valence-electron chi connectivity index (χ4n) is 4.50. The predicted molar refractivity (Wildman–Crippen MR) is 84.0 cm³/mol. The van der Waals surface area contributed by atoms with Crippen molar-refractivity contribution in [2.45, 2.75) is 45.8 Å². The Morgan fingerprint density at radius 2 is 2.27 bits per heavy atom. The van der Waals surface area contributed by atoms with Crippen LogP contribution in [-0.2, 0) is 11.2 Å². The van der Waals surface area contributed by atoms with Crippen molar-refractivity contribution in [1.82, 2.24) is 19.6 Å². The van der Waals surface area contributed by atoms with Crippen LogP contribution in [0.1, 0.15) is 32.9 Å². The SMILES string of the molecule is CCc1cc(N(C)C2C3CCOC3C2(C)C)n2ncnc2n1. The zero-order valence-corrected chi connectivity index (χ0v) is 13.7. The van der Waals surface area contributed by atoms with Gasteiger partial charge >= 0.3 is 0 Å². The number of hydrogen-bond acceptors (Lipinski definition) is 5. The minimum Gasteiger partial charge on any atom is -0.377 e. The van der Waals surface area contributed by atoms with Crippen molar-refractivity contribution in [1.29, 1.82) is 0 Å². The number of aryl methyl sites for hydroxylation is 1. The monoisotopic (exact) mass is 301 g/mol. The maximum absolute atomic E-state index is 5.93. The van der Waals surface area contributed by atoms with Gasteiger partial charge in [-0.05, 0) is 12.8 Å². The van der Waals surface area contributed by atoms with Gasteiger partial charge in [0, 0.05) is 42.8 Å². The van der Waals surface area contributed by atoms with Gasteiger partial charge in [0.15, 0.2) is 0 Å². The average Bonchev–Trinajstić information content (AvgIpc) is 3.12. The Morgan fingerprint density at radius 3 is 3.05 bits per heavy atom. The van der Waals surface area contributed by atoms with Gasteiger partial charge < -0.3 is 9.64 Å². The molecule has 0 amide bonds. The first-order valence-electron chi connectivity index (χ1n) is 8.08. The lowest BCUT2D eigenvalue weighted by Gasteiger charge is -2.58. The van der Waals surface area contributed by atoms with Gasteiger partial charge in [-0.25, -0.2) is 4.98 Å². The summed E-state index contributed by atoms with van der Waals surface area (Å²) in [7, 11) is 2.16. The Bertz CT molecular complexity index is 710. The Morgan fingerprint density at radius 1 is 1.45 bits per heavy atom. The molecule has 2 aromatic heterocycles. The smallest absolute Gasteiger partial charge is 0.254 e. The summed E-state index contributed by atoms with van der Waals surface area (Å²) in [6.45, 7) is 7.62. The molecule has 2 aromatic rings. The van der Waals surface area contributed by atoms with Crippen LogP contribution in [0.3, 0.4) is 0 Å². The first-order chi connectivity index (χ1) is 10.5. The average molecular weight is 301 g/mol. The Balaban J connectivity index is 1.77. The highest BCUT2D eigenvalue weighted by Gasteiger charge is 2.61. The summed E-state index contributed by atoms with van der Waals surface area (Å²) in [5, 5.41) is 4.36. The Kier molecular flexibility index (Phi) is 2.95. The third-order valence-electron chi connectivity index (χ3n) is 5.47. The fourth-order valence-corrected chi connectivity index (χ4v) is 4.50. The molecule has 6 heteroatoms. The van der Waals surface area contributed by atoms with E-state index in [0.29, 0.717) is 23.8 Å². The van der Waals surface area contributed by atoms with Crippen LogP contribution in [-0.4, -0.2) is 45.4 Å². The largest absolute Gasteiger partial charge is 0.377 e. The third-order valence-corrected chi connectivity index (χ3v) is 5.47. The van der Waals surface area contributed by atoms with Crippen LogP contribution in [0, 0.1) is 11.3 Å². The number of fused-ring (bicyclic) bond motifs is 2. The van der Waals surface area contributed by atoms with E-state index in [4.69, 9.17) is 4.74 Å². The van der Waals surface area contributed by atoms with Gasteiger partial charge in [-0.2, -0.15) is 14.6 Å². The molecule has 0 bridgehead atoms. The second kappa shape index (κ2) is 4.65. The minimum absolute atomic E-state index is 0.151. The fraction of sp³-hybridized carbons (Fsp3) is 0.688. The lowest BCUT2D eigenvalue weighted by Crippen LogP contribution is -2.66. The number of ether oxygens (including phenoxy) is 1. The molecule has 0 radical (unpaired) electrons. The molecule has 6 nitrogen and oxygen atoms in total. The van der Waals surface area contributed by atoms with Crippen LogP contribution in [0.15, 0.2) is 12.4 Å². The number of rotatable bonds is 3. The van der Waals surface area contributed by atoms with Crippen LogP contribution in [0.4, 0.5) is 5.82 Å². The third kappa shape index (κ3) is 1.73. The van der Waals surface area contributed by atoms with Crippen LogP contribution in [0.25, 0.3) is 5.78 Å². The highest BCUT2D eigenvalue weighted by molar-refractivity contribution is 5.49. The first kappa shape index (κ1) is 13.9. The molecule has 0 spiro atoms. The topological polar surface area (TPSA) is 55.6 Å². The maximum atomic E-state index is 5.93. The quantitative estimate of drug-likeness (QED) is 0.867. The predicted octanol–water partition coefficient (Wildman–Crippen LogP) is 1.94. The van der Waals surface area contributed by atoms with E-state index < -0.39 is 0 Å². The van der Waals surface area contributed by atoms with Crippen molar-refractivity contribution < 1.29 is 4.74 Å². The van der Waals surface area contributed by atoms with E-state index in [0.717, 1.165) is 31.0 Å². The van der Waals surface area contributed by atoms with Gasteiger partial charge in [-0.15, -0.1) is 0 Å². The van der Waals surface area contributed by atoms with E-state index in [1.54, 1.807) is 6.33 Å². The minimum atomic E-state index is 0.151. The summed E-state index contributed by atoms with van der Waals surface area (Å²) in [4.78, 5) is 11.2. The van der Waals surface area contributed by atoms with E-state index >= 15 is 0 Å². The second-order valence-corrected chi connectivity index (χ2v) is 7.05. The molecule has 2 fully saturated rings. The van der Waals surface area contributed by atoms with Gasteiger partial charge in [-0.1, -0.05) is 20.8 Å². The summed E-state index contributed by atoms with van der Waals surface area (Å²) < 4.78 is 7.77. The second-order valence-electron chi connectivity index (χ2n) is 7.05. The van der Waals surface area contributed by atoms with E-state index in [9.17, 15) is 0 Å². The van der Waals surface area contributed by atoms with Crippen molar-refractivity contribution in [3.63, 3.8) is 0 Å². The molecular formula is C16H23N5O.